The molecule has 3 nitrogen and oxygen atoms in total. The molecule has 0 N–H and O–H groups in total. The fourth-order valence-electron chi connectivity index (χ4n) is 3.93. The molecule has 0 saturated heterocycles. The molecule has 1 aromatic rings. The molecule has 258 valence electrons. The molecule has 0 aliphatic heterocycles. The zero-order valence-corrected chi connectivity index (χ0v) is 24.1. The molecule has 1 rings (SSSR count). The van der Waals surface area contributed by atoms with Crippen LogP contribution in [0.2, 0.25) is 0 Å². The lowest BCUT2D eigenvalue weighted by Gasteiger charge is -2.39. The van der Waals surface area contributed by atoms with E-state index in [0.717, 1.165) is 25.7 Å². The van der Waals surface area contributed by atoms with Crippen molar-refractivity contribution in [2.75, 3.05) is 26.4 Å². The van der Waals surface area contributed by atoms with Gasteiger partial charge in [0.15, 0.2) is 11.5 Å². The van der Waals surface area contributed by atoms with Crippen molar-refractivity contribution in [3.63, 3.8) is 0 Å². The van der Waals surface area contributed by atoms with Crippen LogP contribution in [0, 0.1) is 0 Å². The van der Waals surface area contributed by atoms with Gasteiger partial charge in [-0.1, -0.05) is 76.8 Å². The third-order valence-electron chi connectivity index (χ3n) is 6.65. The monoisotopic (exact) mass is 668 g/mol. The van der Waals surface area contributed by atoms with Crippen LogP contribution < -0.4 is 9.47 Å². The minimum atomic E-state index is -7.91. The largest absolute Gasteiger partial charge is 0.490 e. The maximum absolute atomic E-state index is 13.8. The zero-order valence-electron chi connectivity index (χ0n) is 24.1. The van der Waals surface area contributed by atoms with Crippen molar-refractivity contribution in [1.82, 2.24) is 0 Å². The van der Waals surface area contributed by atoms with Crippen molar-refractivity contribution in [2.45, 2.75) is 113 Å². The first-order valence-electron chi connectivity index (χ1n) is 14.2. The van der Waals surface area contributed by atoms with E-state index in [1.54, 1.807) is 18.2 Å². The van der Waals surface area contributed by atoms with Gasteiger partial charge in [0, 0.05) is 6.42 Å². The van der Waals surface area contributed by atoms with Crippen molar-refractivity contribution >= 4 is 0 Å². The number of unbranched alkanes of at least 4 members (excludes halogenated alkanes) is 9. The van der Waals surface area contributed by atoms with E-state index in [-0.39, 0.29) is 5.75 Å². The second-order valence-electron chi connectivity index (χ2n) is 10.2. The molecular formula is C28H37F13O3. The van der Waals surface area contributed by atoms with Gasteiger partial charge in [0.25, 0.3) is 0 Å². The average molecular weight is 669 g/mol. The summed E-state index contributed by atoms with van der Waals surface area (Å²) in [5.41, 5.74) is 0. The highest BCUT2D eigenvalue weighted by Crippen LogP contribution is 2.60. The average Bonchev–Trinajstić information content (AvgIpc) is 2.93. The van der Waals surface area contributed by atoms with Gasteiger partial charge in [-0.3, -0.25) is 0 Å². The highest BCUT2D eigenvalue weighted by atomic mass is 19.4. The first kappa shape index (κ1) is 39.9. The SMILES string of the molecule is CCCCCCCCCCCCOc1ccccc1OCCOCCC(F)(F)C(F)(F)C(F)(F)C(F)(F)C(F)(F)C(F)(F)F. The van der Waals surface area contributed by atoms with Crippen molar-refractivity contribution in [2.24, 2.45) is 0 Å². The fraction of sp³-hybridized carbons (Fsp3) is 0.786. The van der Waals surface area contributed by atoms with Gasteiger partial charge in [0.05, 0.1) is 19.8 Å². The van der Waals surface area contributed by atoms with Crippen LogP contribution >= 0.6 is 0 Å². The maximum atomic E-state index is 13.8. The number of halogens is 13. The third kappa shape index (κ3) is 10.2. The Kier molecular flexibility index (Phi) is 15.4. The van der Waals surface area contributed by atoms with Crippen LogP contribution in [-0.2, 0) is 4.74 Å². The summed E-state index contributed by atoms with van der Waals surface area (Å²) in [6, 6.07) is 6.28. The van der Waals surface area contributed by atoms with Crippen LogP contribution in [0.4, 0.5) is 57.1 Å². The predicted octanol–water partition coefficient (Wildman–Crippen LogP) is 10.5. The Hall–Kier alpha value is -2.13. The standard InChI is InChI=1S/C28H37F13O3/c1-2-3-4-5-6-7-8-9-10-13-17-43-21-14-11-12-15-22(21)44-20-19-42-18-16-23(29,30)24(31,32)25(33,34)26(35,36)27(37,38)28(39,40)41/h11-12,14-15H,2-10,13,16-20H2,1H3. The fourth-order valence-corrected chi connectivity index (χ4v) is 3.93. The molecule has 0 aliphatic carbocycles. The minimum Gasteiger partial charge on any atom is -0.490 e. The molecule has 0 saturated carbocycles. The van der Waals surface area contributed by atoms with E-state index in [4.69, 9.17) is 9.47 Å². The van der Waals surface area contributed by atoms with E-state index in [1.807, 2.05) is 0 Å². The van der Waals surface area contributed by atoms with Crippen LogP contribution in [-0.4, -0.2) is 62.2 Å². The van der Waals surface area contributed by atoms with Crippen LogP contribution in [0.3, 0.4) is 0 Å². The molecule has 0 fully saturated rings. The molecule has 0 amide bonds. The van der Waals surface area contributed by atoms with Crippen LogP contribution in [0.15, 0.2) is 24.3 Å². The normalized spacial score (nSPS) is 13.8. The molecule has 0 bridgehead atoms. The van der Waals surface area contributed by atoms with Crippen molar-refractivity contribution in [3.05, 3.63) is 24.3 Å². The smallest absolute Gasteiger partial charge is 0.460 e. The van der Waals surface area contributed by atoms with Crippen LogP contribution in [0.1, 0.15) is 77.6 Å². The first-order chi connectivity index (χ1) is 20.3. The Morgan fingerprint density at radius 2 is 0.909 bits per heavy atom. The molecule has 0 heterocycles. The van der Waals surface area contributed by atoms with E-state index >= 15 is 0 Å². The molecule has 44 heavy (non-hydrogen) atoms. The van der Waals surface area contributed by atoms with E-state index in [9.17, 15) is 57.1 Å². The summed E-state index contributed by atoms with van der Waals surface area (Å²) in [5.74, 6) is -36.4. The molecule has 1 aromatic carbocycles. The Morgan fingerprint density at radius 1 is 0.477 bits per heavy atom. The molecule has 0 atom stereocenters. The van der Waals surface area contributed by atoms with Crippen molar-refractivity contribution in [1.29, 1.82) is 0 Å². The topological polar surface area (TPSA) is 27.7 Å². The summed E-state index contributed by atoms with van der Waals surface area (Å²) >= 11 is 0. The van der Waals surface area contributed by atoms with Crippen molar-refractivity contribution < 1.29 is 71.3 Å². The Labute approximate surface area is 247 Å². The lowest BCUT2D eigenvalue weighted by atomic mass is 9.93. The molecule has 0 unspecified atom stereocenters. The minimum absolute atomic E-state index is 0.201. The third-order valence-corrected chi connectivity index (χ3v) is 6.65. The van der Waals surface area contributed by atoms with Gasteiger partial charge in [-0.05, 0) is 18.6 Å². The van der Waals surface area contributed by atoms with Crippen LogP contribution in [0.25, 0.3) is 0 Å². The van der Waals surface area contributed by atoms with E-state index < -0.39 is 62.0 Å². The Morgan fingerprint density at radius 3 is 1.39 bits per heavy atom. The number of alkyl halides is 13. The van der Waals surface area contributed by atoms with Gasteiger partial charge in [0.1, 0.15) is 6.61 Å². The van der Waals surface area contributed by atoms with Gasteiger partial charge in [-0.2, -0.15) is 57.1 Å². The molecular weight excluding hydrogens is 631 g/mol. The molecule has 0 aliphatic rings. The number of hydrogen-bond acceptors (Lipinski definition) is 3. The van der Waals surface area contributed by atoms with Gasteiger partial charge in [-0.25, -0.2) is 0 Å². The van der Waals surface area contributed by atoms with E-state index in [0.29, 0.717) is 12.4 Å². The van der Waals surface area contributed by atoms with Gasteiger partial charge in [-0.15, -0.1) is 0 Å². The molecule has 16 heteroatoms. The summed E-state index contributed by atoms with van der Waals surface area (Å²) in [5, 5.41) is 0. The molecule has 0 aromatic heterocycles. The Balaban J connectivity index is 2.50. The van der Waals surface area contributed by atoms with Crippen LogP contribution in [0.5, 0.6) is 11.5 Å². The summed E-state index contributed by atoms with van der Waals surface area (Å²) in [6.45, 7) is 0.0442. The summed E-state index contributed by atoms with van der Waals surface area (Å²) in [4.78, 5) is 0. The van der Waals surface area contributed by atoms with Gasteiger partial charge in [0.2, 0.25) is 0 Å². The Bertz CT molecular complexity index is 953. The summed E-state index contributed by atoms with van der Waals surface area (Å²) < 4.78 is 187. The lowest BCUT2D eigenvalue weighted by molar-refractivity contribution is -0.440. The number of rotatable bonds is 23. The number of hydrogen-bond donors (Lipinski definition) is 0. The lowest BCUT2D eigenvalue weighted by Crippen LogP contribution is -2.70. The second-order valence-corrected chi connectivity index (χ2v) is 10.2. The summed E-state index contributed by atoms with van der Waals surface area (Å²) in [6.07, 6.45) is 1.35. The highest BCUT2D eigenvalue weighted by Gasteiger charge is 2.90. The highest BCUT2D eigenvalue weighted by molar-refractivity contribution is 5.39. The molecule has 0 spiro atoms. The number of para-hydroxylation sites is 2. The number of benzene rings is 1. The van der Waals surface area contributed by atoms with Gasteiger partial charge < -0.3 is 14.2 Å². The predicted molar refractivity (Wildman–Crippen MR) is 136 cm³/mol. The number of ether oxygens (including phenoxy) is 3. The van der Waals surface area contributed by atoms with E-state index in [1.165, 1.54) is 44.6 Å². The van der Waals surface area contributed by atoms with Gasteiger partial charge >= 0.3 is 35.8 Å². The maximum Gasteiger partial charge on any atom is 0.460 e. The quantitative estimate of drug-likeness (QED) is 0.0858. The van der Waals surface area contributed by atoms with Crippen molar-refractivity contribution in [3.8, 4) is 11.5 Å². The molecule has 0 radical (unpaired) electrons. The zero-order chi connectivity index (χ0) is 33.7. The van der Waals surface area contributed by atoms with E-state index in [2.05, 4.69) is 11.7 Å². The summed E-state index contributed by atoms with van der Waals surface area (Å²) in [7, 11) is 0. The first-order valence-corrected chi connectivity index (χ1v) is 14.2. The second kappa shape index (κ2) is 17.0.